The Kier molecular flexibility index (Phi) is 8.96. The molecule has 27 heavy (non-hydrogen) atoms. The third kappa shape index (κ3) is 7.08. The Balaban J connectivity index is 0.00000261. The molecule has 0 aromatic heterocycles. The molecule has 0 saturated carbocycles. The zero-order valence-corrected chi connectivity index (χ0v) is 17.2. The van der Waals surface area contributed by atoms with Gasteiger partial charge in [-0.1, -0.05) is 65.7 Å². The summed E-state index contributed by atoms with van der Waals surface area (Å²) >= 11 is 12.1. The monoisotopic (exact) mass is 421 g/mol. The maximum atomic E-state index is 6.16. The highest BCUT2D eigenvalue weighted by Crippen LogP contribution is 2.24. The normalized spacial score (nSPS) is 10.3. The lowest BCUT2D eigenvalue weighted by atomic mass is 10.1. The van der Waals surface area contributed by atoms with Crippen molar-refractivity contribution in [1.29, 1.82) is 0 Å². The molecule has 0 spiro atoms. The van der Waals surface area contributed by atoms with Crippen LogP contribution in [0.4, 0.5) is 0 Å². The molecule has 142 valence electrons. The second-order valence-electron chi connectivity index (χ2n) is 6.08. The van der Waals surface area contributed by atoms with E-state index in [1.165, 1.54) is 5.56 Å². The molecule has 0 amide bonds. The SMILES string of the molecule is Cl.Clc1ccc(CCNCc2cc(Cl)ccc2OCc2ccccc2)cc1. The molecule has 0 atom stereocenters. The van der Waals surface area contributed by atoms with E-state index >= 15 is 0 Å². The van der Waals surface area contributed by atoms with Gasteiger partial charge < -0.3 is 10.1 Å². The number of halogens is 3. The second-order valence-corrected chi connectivity index (χ2v) is 6.95. The topological polar surface area (TPSA) is 21.3 Å². The molecular formula is C22H22Cl3NO. The molecule has 0 aliphatic heterocycles. The van der Waals surface area contributed by atoms with E-state index in [0.717, 1.165) is 34.9 Å². The fraction of sp³-hybridized carbons (Fsp3) is 0.182. The molecule has 0 aliphatic carbocycles. The van der Waals surface area contributed by atoms with Gasteiger partial charge in [0.2, 0.25) is 0 Å². The van der Waals surface area contributed by atoms with Crippen LogP contribution in [0.3, 0.4) is 0 Å². The lowest BCUT2D eigenvalue weighted by Crippen LogP contribution is -2.17. The van der Waals surface area contributed by atoms with Crippen LogP contribution in [0, 0.1) is 0 Å². The third-order valence-corrected chi connectivity index (χ3v) is 4.57. The predicted molar refractivity (Wildman–Crippen MR) is 116 cm³/mol. The molecule has 3 rings (SSSR count). The Morgan fingerprint density at radius 1 is 0.778 bits per heavy atom. The number of hydrogen-bond donors (Lipinski definition) is 1. The van der Waals surface area contributed by atoms with Crippen LogP contribution in [0.5, 0.6) is 5.75 Å². The number of benzene rings is 3. The lowest BCUT2D eigenvalue weighted by molar-refractivity contribution is 0.302. The van der Waals surface area contributed by atoms with Crippen LogP contribution in [0.1, 0.15) is 16.7 Å². The largest absolute Gasteiger partial charge is 0.489 e. The summed E-state index contributed by atoms with van der Waals surface area (Å²) in [6.45, 7) is 2.12. The van der Waals surface area contributed by atoms with E-state index < -0.39 is 0 Å². The molecule has 0 unspecified atom stereocenters. The van der Waals surface area contributed by atoms with Crippen LogP contribution in [-0.2, 0) is 19.6 Å². The highest BCUT2D eigenvalue weighted by Gasteiger charge is 2.05. The van der Waals surface area contributed by atoms with Crippen molar-refractivity contribution < 1.29 is 4.74 Å². The summed E-state index contributed by atoms with van der Waals surface area (Å²) in [5.74, 6) is 0.859. The quantitative estimate of drug-likeness (QED) is 0.428. The van der Waals surface area contributed by atoms with Gasteiger partial charge in [-0.15, -0.1) is 12.4 Å². The van der Waals surface area contributed by atoms with Gasteiger partial charge in [0.05, 0.1) is 0 Å². The summed E-state index contributed by atoms with van der Waals surface area (Å²) in [5, 5.41) is 4.94. The molecule has 3 aromatic carbocycles. The third-order valence-electron chi connectivity index (χ3n) is 4.08. The van der Waals surface area contributed by atoms with Crippen LogP contribution >= 0.6 is 35.6 Å². The fourth-order valence-electron chi connectivity index (χ4n) is 2.67. The Bertz CT molecular complexity index is 823. The number of hydrogen-bond acceptors (Lipinski definition) is 2. The number of nitrogens with one attached hydrogen (secondary N) is 1. The van der Waals surface area contributed by atoms with Gasteiger partial charge in [-0.3, -0.25) is 0 Å². The smallest absolute Gasteiger partial charge is 0.124 e. The molecule has 0 radical (unpaired) electrons. The minimum atomic E-state index is 0. The molecular weight excluding hydrogens is 401 g/mol. The summed E-state index contributed by atoms with van der Waals surface area (Å²) in [6, 6.07) is 23.8. The van der Waals surface area contributed by atoms with Crippen LogP contribution in [0.15, 0.2) is 72.8 Å². The molecule has 3 aromatic rings. The molecule has 0 heterocycles. The predicted octanol–water partition coefficient (Wildman–Crippen LogP) is 6.33. The van der Waals surface area contributed by atoms with E-state index in [1.54, 1.807) is 0 Å². The first kappa shape index (κ1) is 21.6. The summed E-state index contributed by atoms with van der Waals surface area (Å²) in [6.07, 6.45) is 0.942. The maximum Gasteiger partial charge on any atom is 0.124 e. The van der Waals surface area contributed by atoms with Gasteiger partial charge in [-0.25, -0.2) is 0 Å². The molecule has 1 N–H and O–H groups in total. The molecule has 2 nitrogen and oxygen atoms in total. The first-order valence-corrected chi connectivity index (χ1v) is 9.36. The molecule has 0 bridgehead atoms. The van der Waals surface area contributed by atoms with Gasteiger partial charge in [0.25, 0.3) is 0 Å². The minimum absolute atomic E-state index is 0. The van der Waals surface area contributed by atoms with Crippen molar-refractivity contribution in [2.24, 2.45) is 0 Å². The van der Waals surface area contributed by atoms with Gasteiger partial charge in [-0.2, -0.15) is 0 Å². The van der Waals surface area contributed by atoms with E-state index in [-0.39, 0.29) is 12.4 Å². The molecule has 0 saturated heterocycles. The van der Waals surface area contributed by atoms with Crippen molar-refractivity contribution in [3.05, 3.63) is 99.5 Å². The summed E-state index contributed by atoms with van der Waals surface area (Å²) in [5.41, 5.74) is 3.46. The van der Waals surface area contributed by atoms with Crippen LogP contribution in [0.25, 0.3) is 0 Å². The van der Waals surface area contributed by atoms with Crippen LogP contribution in [0.2, 0.25) is 10.0 Å². The number of ether oxygens (including phenoxy) is 1. The summed E-state index contributed by atoms with van der Waals surface area (Å²) in [4.78, 5) is 0. The van der Waals surface area contributed by atoms with E-state index in [4.69, 9.17) is 27.9 Å². The van der Waals surface area contributed by atoms with Crippen LogP contribution < -0.4 is 10.1 Å². The molecule has 5 heteroatoms. The first-order valence-electron chi connectivity index (χ1n) is 8.61. The zero-order chi connectivity index (χ0) is 18.2. The van der Waals surface area contributed by atoms with Gasteiger partial charge >= 0.3 is 0 Å². The van der Waals surface area contributed by atoms with E-state index in [9.17, 15) is 0 Å². The average molecular weight is 423 g/mol. The number of rotatable bonds is 8. The van der Waals surface area contributed by atoms with Gasteiger partial charge in [0, 0.05) is 22.2 Å². The maximum absolute atomic E-state index is 6.16. The Morgan fingerprint density at radius 3 is 2.22 bits per heavy atom. The summed E-state index contributed by atoms with van der Waals surface area (Å²) in [7, 11) is 0. The van der Waals surface area contributed by atoms with Crippen molar-refractivity contribution >= 4 is 35.6 Å². The Labute approximate surface area is 176 Å². The highest BCUT2D eigenvalue weighted by atomic mass is 35.5. The van der Waals surface area contributed by atoms with Gasteiger partial charge in [0.15, 0.2) is 0 Å². The van der Waals surface area contributed by atoms with E-state index in [0.29, 0.717) is 18.2 Å². The van der Waals surface area contributed by atoms with Gasteiger partial charge in [0.1, 0.15) is 12.4 Å². The fourth-order valence-corrected chi connectivity index (χ4v) is 2.99. The van der Waals surface area contributed by atoms with Crippen molar-refractivity contribution in [1.82, 2.24) is 5.32 Å². The highest BCUT2D eigenvalue weighted by molar-refractivity contribution is 6.30. The Morgan fingerprint density at radius 2 is 1.48 bits per heavy atom. The Hall–Kier alpha value is -1.71. The lowest BCUT2D eigenvalue weighted by Gasteiger charge is -2.13. The second kappa shape index (κ2) is 11.2. The molecule has 0 fully saturated rings. The van der Waals surface area contributed by atoms with Crippen LogP contribution in [-0.4, -0.2) is 6.54 Å². The average Bonchev–Trinajstić information content (AvgIpc) is 2.67. The molecule has 0 aliphatic rings. The van der Waals surface area contributed by atoms with Crippen molar-refractivity contribution in [3.8, 4) is 5.75 Å². The minimum Gasteiger partial charge on any atom is -0.489 e. The summed E-state index contributed by atoms with van der Waals surface area (Å²) < 4.78 is 5.99. The van der Waals surface area contributed by atoms with Gasteiger partial charge in [-0.05, 0) is 54.4 Å². The van der Waals surface area contributed by atoms with Crippen molar-refractivity contribution in [2.75, 3.05) is 6.54 Å². The standard InChI is InChI=1S/C22H21Cl2NO.ClH/c23-20-8-6-17(7-9-20)12-13-25-15-19-14-21(24)10-11-22(19)26-16-18-4-2-1-3-5-18;/h1-11,14,25H,12-13,15-16H2;1H. The first-order chi connectivity index (χ1) is 12.7. The zero-order valence-electron chi connectivity index (χ0n) is 14.8. The van der Waals surface area contributed by atoms with Crippen molar-refractivity contribution in [2.45, 2.75) is 19.6 Å². The van der Waals surface area contributed by atoms with E-state index in [1.807, 2.05) is 48.5 Å². The van der Waals surface area contributed by atoms with Crippen molar-refractivity contribution in [3.63, 3.8) is 0 Å². The van der Waals surface area contributed by atoms with E-state index in [2.05, 4.69) is 29.6 Å².